The first-order chi connectivity index (χ1) is 14.1. The van der Waals surface area contributed by atoms with Gasteiger partial charge in [0.05, 0.1) is 6.42 Å². The van der Waals surface area contributed by atoms with E-state index in [4.69, 9.17) is 4.74 Å². The lowest BCUT2D eigenvalue weighted by atomic mass is 9.71. The molecule has 1 unspecified atom stereocenters. The molecule has 0 aromatic heterocycles. The number of carbonyl (C=O) groups is 3. The van der Waals surface area contributed by atoms with Crippen molar-refractivity contribution in [1.82, 2.24) is 5.32 Å². The summed E-state index contributed by atoms with van der Waals surface area (Å²) < 4.78 is 5.42. The highest BCUT2D eigenvalue weighted by molar-refractivity contribution is 5.90. The lowest BCUT2D eigenvalue weighted by Crippen LogP contribution is -2.63. The van der Waals surface area contributed by atoms with Gasteiger partial charge in [-0.25, -0.2) is 9.59 Å². The third-order valence-corrected chi connectivity index (χ3v) is 5.72. The minimum absolute atomic E-state index is 0.00672. The summed E-state index contributed by atoms with van der Waals surface area (Å²) in [7, 11) is 0. The second-order valence-corrected chi connectivity index (χ2v) is 8.48. The Morgan fingerprint density at radius 1 is 0.933 bits per heavy atom. The van der Waals surface area contributed by atoms with E-state index in [9.17, 15) is 24.6 Å². The van der Waals surface area contributed by atoms with E-state index in [1.807, 2.05) is 48.5 Å². The molecule has 0 heterocycles. The predicted molar refractivity (Wildman–Crippen MR) is 110 cm³/mol. The molecule has 30 heavy (non-hydrogen) atoms. The van der Waals surface area contributed by atoms with Crippen LogP contribution in [-0.2, 0) is 14.3 Å². The van der Waals surface area contributed by atoms with Crippen molar-refractivity contribution >= 4 is 18.0 Å². The van der Waals surface area contributed by atoms with Crippen LogP contribution < -0.4 is 5.32 Å². The SMILES string of the molecule is CC(C)(C)C(CC(=O)O)(NC(=O)OCC1c2ccccc2-c2ccccc21)C(=O)O. The summed E-state index contributed by atoms with van der Waals surface area (Å²) in [6, 6.07) is 15.7. The monoisotopic (exact) mass is 411 g/mol. The Morgan fingerprint density at radius 2 is 1.43 bits per heavy atom. The first kappa shape index (κ1) is 21.4. The second-order valence-electron chi connectivity index (χ2n) is 8.48. The van der Waals surface area contributed by atoms with Crippen LogP contribution in [0.2, 0.25) is 0 Å². The number of alkyl carbamates (subject to hydrolysis) is 1. The smallest absolute Gasteiger partial charge is 0.408 e. The van der Waals surface area contributed by atoms with Gasteiger partial charge in [-0.2, -0.15) is 0 Å². The van der Waals surface area contributed by atoms with E-state index in [2.05, 4.69) is 5.32 Å². The molecule has 0 aliphatic heterocycles. The van der Waals surface area contributed by atoms with Crippen LogP contribution in [-0.4, -0.2) is 40.4 Å². The fourth-order valence-electron chi connectivity index (χ4n) is 3.98. The Balaban J connectivity index is 1.81. The van der Waals surface area contributed by atoms with E-state index >= 15 is 0 Å². The van der Waals surface area contributed by atoms with Gasteiger partial charge in [-0.3, -0.25) is 4.79 Å². The summed E-state index contributed by atoms with van der Waals surface area (Å²) >= 11 is 0. The number of carboxylic acid groups (broad SMARTS) is 2. The molecule has 2 aromatic rings. The van der Waals surface area contributed by atoms with Crippen molar-refractivity contribution < 1.29 is 29.3 Å². The average molecular weight is 411 g/mol. The third-order valence-electron chi connectivity index (χ3n) is 5.72. The minimum Gasteiger partial charge on any atom is -0.481 e. The number of aliphatic carboxylic acids is 2. The largest absolute Gasteiger partial charge is 0.481 e. The van der Waals surface area contributed by atoms with Gasteiger partial charge in [0.15, 0.2) is 5.54 Å². The molecule has 0 saturated heterocycles. The molecule has 7 nitrogen and oxygen atoms in total. The van der Waals surface area contributed by atoms with Gasteiger partial charge >= 0.3 is 18.0 Å². The van der Waals surface area contributed by atoms with Gasteiger partial charge in [0, 0.05) is 5.92 Å². The highest BCUT2D eigenvalue weighted by atomic mass is 16.5. The zero-order chi connectivity index (χ0) is 22.1. The lowest BCUT2D eigenvalue weighted by molar-refractivity contribution is -0.156. The van der Waals surface area contributed by atoms with Crippen molar-refractivity contribution in [1.29, 1.82) is 0 Å². The molecule has 0 fully saturated rings. The Labute approximate surface area is 174 Å². The Bertz CT molecular complexity index is 948. The lowest BCUT2D eigenvalue weighted by Gasteiger charge is -2.40. The minimum atomic E-state index is -2.01. The normalized spacial score (nSPS) is 14.9. The molecule has 1 atom stereocenters. The van der Waals surface area contributed by atoms with Crippen LogP contribution in [0.3, 0.4) is 0 Å². The molecule has 0 spiro atoms. The number of ether oxygens (including phenoxy) is 1. The van der Waals surface area contributed by atoms with Crippen molar-refractivity contribution in [2.24, 2.45) is 5.41 Å². The van der Waals surface area contributed by atoms with Crippen LogP contribution in [0.1, 0.15) is 44.2 Å². The molecule has 1 amide bonds. The molecule has 3 N–H and O–H groups in total. The topological polar surface area (TPSA) is 113 Å². The van der Waals surface area contributed by atoms with Gasteiger partial charge in [0.25, 0.3) is 0 Å². The molecular weight excluding hydrogens is 386 g/mol. The van der Waals surface area contributed by atoms with Crippen LogP contribution in [0.5, 0.6) is 0 Å². The number of hydrogen-bond donors (Lipinski definition) is 3. The maximum Gasteiger partial charge on any atom is 0.408 e. The Morgan fingerprint density at radius 3 is 1.87 bits per heavy atom. The van der Waals surface area contributed by atoms with Gasteiger partial charge in [-0.15, -0.1) is 0 Å². The molecule has 158 valence electrons. The van der Waals surface area contributed by atoms with E-state index in [0.29, 0.717) is 0 Å². The number of hydrogen-bond acceptors (Lipinski definition) is 4. The molecule has 0 radical (unpaired) electrons. The average Bonchev–Trinajstić information content (AvgIpc) is 2.98. The summed E-state index contributed by atoms with van der Waals surface area (Å²) in [4.78, 5) is 35.9. The number of fused-ring (bicyclic) bond motifs is 3. The van der Waals surface area contributed by atoms with Crippen LogP contribution in [0.15, 0.2) is 48.5 Å². The van der Waals surface area contributed by atoms with Crippen molar-refractivity contribution in [3.05, 3.63) is 59.7 Å². The van der Waals surface area contributed by atoms with Gasteiger partial charge in [-0.1, -0.05) is 69.3 Å². The highest BCUT2D eigenvalue weighted by Crippen LogP contribution is 2.44. The molecule has 3 rings (SSSR count). The summed E-state index contributed by atoms with van der Waals surface area (Å²) in [6.07, 6.45) is -1.73. The molecule has 1 aliphatic rings. The molecule has 0 saturated carbocycles. The molecule has 2 aromatic carbocycles. The van der Waals surface area contributed by atoms with Gasteiger partial charge in [0.2, 0.25) is 0 Å². The Hall–Kier alpha value is -3.35. The number of nitrogens with one attached hydrogen (secondary N) is 1. The molecule has 7 heteroatoms. The first-order valence-electron chi connectivity index (χ1n) is 9.65. The number of amides is 1. The molecular formula is C23H25NO6. The summed E-state index contributed by atoms with van der Waals surface area (Å²) in [5.41, 5.74) is 1.12. The maximum atomic E-state index is 12.6. The predicted octanol–water partition coefficient (Wildman–Crippen LogP) is 3.87. The summed E-state index contributed by atoms with van der Waals surface area (Å²) in [6.45, 7) is 4.70. The van der Waals surface area contributed by atoms with Crippen molar-refractivity contribution in [2.45, 2.75) is 38.6 Å². The van der Waals surface area contributed by atoms with Gasteiger partial charge < -0.3 is 20.3 Å². The fraction of sp³-hybridized carbons (Fsp3) is 0.348. The van der Waals surface area contributed by atoms with E-state index in [0.717, 1.165) is 22.3 Å². The van der Waals surface area contributed by atoms with Crippen LogP contribution in [0, 0.1) is 5.41 Å². The second kappa shape index (κ2) is 7.82. The zero-order valence-electron chi connectivity index (χ0n) is 17.1. The standard InChI is InChI=1S/C23H25NO6/c1-22(2,3)23(20(27)28,12-19(25)26)24-21(29)30-13-18-16-10-6-4-8-14(16)15-9-5-7-11-17(15)18/h4-11,18H,12-13H2,1-3H3,(H,24,29)(H,25,26)(H,27,28). The van der Waals surface area contributed by atoms with Crippen LogP contribution in [0.4, 0.5) is 4.79 Å². The zero-order valence-corrected chi connectivity index (χ0v) is 17.1. The summed E-state index contributed by atoms with van der Waals surface area (Å²) in [5, 5.41) is 21.3. The quantitative estimate of drug-likeness (QED) is 0.665. The van der Waals surface area contributed by atoms with Crippen molar-refractivity contribution in [3.8, 4) is 11.1 Å². The fourth-order valence-corrected chi connectivity index (χ4v) is 3.98. The van der Waals surface area contributed by atoms with E-state index in [1.54, 1.807) is 20.8 Å². The van der Waals surface area contributed by atoms with Gasteiger partial charge in [-0.05, 0) is 27.7 Å². The maximum absolute atomic E-state index is 12.6. The van der Waals surface area contributed by atoms with E-state index in [-0.39, 0.29) is 12.5 Å². The first-order valence-corrected chi connectivity index (χ1v) is 9.65. The highest BCUT2D eigenvalue weighted by Gasteiger charge is 2.52. The molecule has 1 aliphatic carbocycles. The number of rotatable bonds is 6. The Kier molecular flexibility index (Phi) is 5.57. The van der Waals surface area contributed by atoms with Crippen molar-refractivity contribution in [2.75, 3.05) is 6.61 Å². The van der Waals surface area contributed by atoms with E-state index < -0.39 is 35.4 Å². The van der Waals surface area contributed by atoms with Crippen LogP contribution >= 0.6 is 0 Å². The van der Waals surface area contributed by atoms with Crippen LogP contribution in [0.25, 0.3) is 11.1 Å². The summed E-state index contributed by atoms with van der Waals surface area (Å²) in [5.74, 6) is -2.94. The van der Waals surface area contributed by atoms with E-state index in [1.165, 1.54) is 0 Å². The van der Waals surface area contributed by atoms with Crippen molar-refractivity contribution in [3.63, 3.8) is 0 Å². The van der Waals surface area contributed by atoms with Gasteiger partial charge in [0.1, 0.15) is 6.61 Å². The number of benzene rings is 2. The number of carboxylic acids is 2. The molecule has 0 bridgehead atoms. The third kappa shape index (κ3) is 3.75. The number of carbonyl (C=O) groups excluding carboxylic acids is 1.